The molecule has 1 aliphatic heterocycles. The van der Waals surface area contributed by atoms with Gasteiger partial charge in [0.05, 0.1) is 0 Å². The Morgan fingerprint density at radius 1 is 1.35 bits per heavy atom. The molecule has 1 amide bonds. The number of nitrogens with one attached hydrogen (secondary N) is 2. The molecule has 0 aromatic carbocycles. The molecule has 20 heavy (non-hydrogen) atoms. The van der Waals surface area contributed by atoms with E-state index in [9.17, 15) is 4.79 Å². The second-order valence-corrected chi connectivity index (χ2v) is 5.28. The number of guanidine groups is 1. The number of hydrogen-bond donors (Lipinski definition) is 2. The quantitative estimate of drug-likeness (QED) is 0.418. The van der Waals surface area contributed by atoms with Crippen LogP contribution in [0.4, 0.5) is 0 Å². The van der Waals surface area contributed by atoms with Crippen molar-refractivity contribution in [3.63, 3.8) is 0 Å². The van der Waals surface area contributed by atoms with E-state index < -0.39 is 0 Å². The SMILES string of the molecule is CC(C)NC(=NCC(=O)N(C)C)NC1CCOCC1.I. The van der Waals surface area contributed by atoms with E-state index in [-0.39, 0.29) is 42.5 Å². The first-order chi connectivity index (χ1) is 8.99. The number of carbonyl (C=O) groups excluding carboxylic acids is 1. The molecule has 0 saturated carbocycles. The first kappa shape index (κ1) is 19.4. The molecule has 0 atom stereocenters. The van der Waals surface area contributed by atoms with Crippen LogP contribution < -0.4 is 10.6 Å². The first-order valence-corrected chi connectivity index (χ1v) is 6.84. The Bertz CT molecular complexity index is 315. The molecule has 0 aromatic rings. The summed E-state index contributed by atoms with van der Waals surface area (Å²) in [6.07, 6.45) is 1.95. The van der Waals surface area contributed by atoms with Crippen LogP contribution in [0.1, 0.15) is 26.7 Å². The van der Waals surface area contributed by atoms with Gasteiger partial charge in [-0.3, -0.25) is 4.79 Å². The monoisotopic (exact) mass is 398 g/mol. The van der Waals surface area contributed by atoms with E-state index >= 15 is 0 Å². The maximum Gasteiger partial charge on any atom is 0.243 e. The summed E-state index contributed by atoms with van der Waals surface area (Å²) in [6.45, 7) is 5.83. The minimum atomic E-state index is -0.00293. The van der Waals surface area contributed by atoms with E-state index in [1.54, 1.807) is 19.0 Å². The lowest BCUT2D eigenvalue weighted by atomic mass is 10.1. The van der Waals surface area contributed by atoms with Gasteiger partial charge in [0.15, 0.2) is 5.96 Å². The van der Waals surface area contributed by atoms with Gasteiger partial charge in [0.25, 0.3) is 0 Å². The van der Waals surface area contributed by atoms with Crippen LogP contribution in [0, 0.1) is 0 Å². The fourth-order valence-electron chi connectivity index (χ4n) is 1.73. The molecular weight excluding hydrogens is 371 g/mol. The minimum Gasteiger partial charge on any atom is -0.381 e. The molecule has 2 N–H and O–H groups in total. The normalized spacial score (nSPS) is 16.6. The fourth-order valence-corrected chi connectivity index (χ4v) is 1.73. The van der Waals surface area contributed by atoms with Crippen molar-refractivity contribution in [1.29, 1.82) is 0 Å². The Morgan fingerprint density at radius 3 is 2.45 bits per heavy atom. The second-order valence-electron chi connectivity index (χ2n) is 5.28. The van der Waals surface area contributed by atoms with Crippen LogP contribution in [0.25, 0.3) is 0 Å². The molecule has 1 saturated heterocycles. The van der Waals surface area contributed by atoms with Gasteiger partial charge in [-0.2, -0.15) is 0 Å². The van der Waals surface area contributed by atoms with Crippen LogP contribution in [0.3, 0.4) is 0 Å². The molecule has 1 heterocycles. The molecule has 0 aliphatic carbocycles. The highest BCUT2D eigenvalue weighted by atomic mass is 127. The highest BCUT2D eigenvalue weighted by molar-refractivity contribution is 14.0. The maximum atomic E-state index is 11.6. The first-order valence-electron chi connectivity index (χ1n) is 6.84. The van der Waals surface area contributed by atoms with Crippen molar-refractivity contribution in [2.45, 2.75) is 38.8 Å². The van der Waals surface area contributed by atoms with E-state index in [0.717, 1.165) is 26.1 Å². The molecule has 0 unspecified atom stereocenters. The molecule has 118 valence electrons. The third kappa shape index (κ3) is 7.88. The predicted octanol–water partition coefficient (Wildman–Crippen LogP) is 0.815. The summed E-state index contributed by atoms with van der Waals surface area (Å²) in [5.41, 5.74) is 0. The standard InChI is InChI=1S/C13H26N4O2.HI/c1-10(2)15-13(14-9-12(18)17(3)4)16-11-5-7-19-8-6-11;/h10-11H,5-9H2,1-4H3,(H2,14,15,16);1H. The Labute approximate surface area is 138 Å². The van der Waals surface area contributed by atoms with Gasteiger partial charge in [-0.15, -0.1) is 24.0 Å². The summed E-state index contributed by atoms with van der Waals surface area (Å²) in [7, 11) is 3.47. The summed E-state index contributed by atoms with van der Waals surface area (Å²) >= 11 is 0. The van der Waals surface area contributed by atoms with Crippen molar-refractivity contribution in [2.24, 2.45) is 4.99 Å². The van der Waals surface area contributed by atoms with Gasteiger partial charge in [0.1, 0.15) is 6.54 Å². The van der Waals surface area contributed by atoms with Crippen molar-refractivity contribution >= 4 is 35.8 Å². The van der Waals surface area contributed by atoms with Crippen molar-refractivity contribution in [3.8, 4) is 0 Å². The molecule has 0 spiro atoms. The molecule has 1 aliphatic rings. The number of hydrogen-bond acceptors (Lipinski definition) is 3. The zero-order valence-corrected chi connectivity index (χ0v) is 15.1. The highest BCUT2D eigenvalue weighted by Gasteiger charge is 2.15. The number of amides is 1. The molecule has 0 bridgehead atoms. The minimum absolute atomic E-state index is 0. The van der Waals surface area contributed by atoms with Gasteiger partial charge in [-0.1, -0.05) is 0 Å². The topological polar surface area (TPSA) is 66.0 Å². The Morgan fingerprint density at radius 2 is 1.95 bits per heavy atom. The molecule has 1 fully saturated rings. The average Bonchev–Trinajstić information content (AvgIpc) is 2.36. The van der Waals surface area contributed by atoms with E-state index in [4.69, 9.17) is 4.74 Å². The Kier molecular flexibility index (Phi) is 9.91. The van der Waals surface area contributed by atoms with E-state index in [1.165, 1.54) is 0 Å². The Balaban J connectivity index is 0.00000361. The second kappa shape index (κ2) is 10.2. The van der Waals surface area contributed by atoms with Gasteiger partial charge < -0.3 is 20.3 Å². The van der Waals surface area contributed by atoms with Crippen LogP contribution in [-0.2, 0) is 9.53 Å². The number of nitrogens with zero attached hydrogens (tertiary/aromatic N) is 2. The van der Waals surface area contributed by atoms with E-state index in [1.807, 2.05) is 0 Å². The maximum absolute atomic E-state index is 11.6. The van der Waals surface area contributed by atoms with Crippen LogP contribution in [-0.4, -0.2) is 62.7 Å². The van der Waals surface area contributed by atoms with Gasteiger partial charge in [-0.05, 0) is 26.7 Å². The lowest BCUT2D eigenvalue weighted by Crippen LogP contribution is -2.48. The lowest BCUT2D eigenvalue weighted by Gasteiger charge is -2.26. The molecule has 0 radical (unpaired) electrons. The third-order valence-corrected chi connectivity index (χ3v) is 2.86. The summed E-state index contributed by atoms with van der Waals surface area (Å²) in [4.78, 5) is 17.5. The van der Waals surface area contributed by atoms with Crippen molar-refractivity contribution in [1.82, 2.24) is 15.5 Å². The number of carbonyl (C=O) groups is 1. The zero-order valence-electron chi connectivity index (χ0n) is 12.8. The number of likely N-dealkylation sites (N-methyl/N-ethyl adjacent to an activating group) is 1. The third-order valence-electron chi connectivity index (χ3n) is 2.86. The van der Waals surface area contributed by atoms with Crippen molar-refractivity contribution in [2.75, 3.05) is 33.9 Å². The van der Waals surface area contributed by atoms with Crippen LogP contribution >= 0.6 is 24.0 Å². The van der Waals surface area contributed by atoms with E-state index in [2.05, 4.69) is 29.5 Å². The number of halogens is 1. The number of aliphatic imine (C=N–C) groups is 1. The summed E-state index contributed by atoms with van der Waals surface area (Å²) in [5.74, 6) is 0.703. The van der Waals surface area contributed by atoms with Crippen LogP contribution in [0.2, 0.25) is 0 Å². The largest absolute Gasteiger partial charge is 0.381 e. The summed E-state index contributed by atoms with van der Waals surface area (Å²) in [6, 6.07) is 0.647. The van der Waals surface area contributed by atoms with Crippen LogP contribution in [0.5, 0.6) is 0 Å². The molecular formula is C13H27IN4O2. The summed E-state index contributed by atoms with van der Waals surface area (Å²) in [5, 5.41) is 6.62. The smallest absolute Gasteiger partial charge is 0.243 e. The van der Waals surface area contributed by atoms with Crippen molar-refractivity contribution < 1.29 is 9.53 Å². The van der Waals surface area contributed by atoms with Crippen LogP contribution in [0.15, 0.2) is 4.99 Å². The zero-order chi connectivity index (χ0) is 14.3. The lowest BCUT2D eigenvalue weighted by molar-refractivity contribution is -0.127. The van der Waals surface area contributed by atoms with Gasteiger partial charge >= 0.3 is 0 Å². The van der Waals surface area contributed by atoms with Crippen molar-refractivity contribution in [3.05, 3.63) is 0 Å². The van der Waals surface area contributed by atoms with E-state index in [0.29, 0.717) is 12.0 Å². The van der Waals surface area contributed by atoms with Gasteiger partial charge in [-0.25, -0.2) is 4.99 Å². The molecule has 1 rings (SSSR count). The fraction of sp³-hybridized carbons (Fsp3) is 0.846. The average molecular weight is 398 g/mol. The number of rotatable bonds is 4. The highest BCUT2D eigenvalue weighted by Crippen LogP contribution is 2.05. The van der Waals surface area contributed by atoms with Gasteiger partial charge in [0, 0.05) is 39.4 Å². The van der Waals surface area contributed by atoms with Gasteiger partial charge in [0.2, 0.25) is 5.91 Å². The molecule has 6 nitrogen and oxygen atoms in total. The molecule has 0 aromatic heterocycles. The summed E-state index contributed by atoms with van der Waals surface area (Å²) < 4.78 is 5.33. The predicted molar refractivity (Wildman–Crippen MR) is 91.7 cm³/mol. The molecule has 7 heteroatoms. The Hall–Kier alpha value is -0.570. The number of ether oxygens (including phenoxy) is 1.